The molecule has 0 aliphatic rings. The molecule has 0 fully saturated rings. The summed E-state index contributed by atoms with van der Waals surface area (Å²) in [4.78, 5) is 5.58. The standard InChI is InChI=1S/C22H16F2N2O2S3/c23-17-7-1-14(2-8-17)13-29-22-26-20(15-3-9-18(24)10-4-15)21(30-22)16-5-11-19(12-6-16)31(25,27)28/h1-12H,13H2,(H2,25,27,28). The van der Waals surface area contributed by atoms with E-state index in [9.17, 15) is 17.2 Å². The fourth-order valence-electron chi connectivity index (χ4n) is 2.88. The second-order valence-corrected chi connectivity index (χ2v) is 10.4. The lowest BCUT2D eigenvalue weighted by molar-refractivity contribution is 0.598. The molecule has 0 aliphatic heterocycles. The first-order valence-electron chi connectivity index (χ1n) is 9.07. The number of aromatic nitrogens is 1. The number of thiazole rings is 1. The van der Waals surface area contributed by atoms with Crippen LogP contribution >= 0.6 is 23.1 Å². The summed E-state index contributed by atoms with van der Waals surface area (Å²) < 4.78 is 50.4. The lowest BCUT2D eigenvalue weighted by Crippen LogP contribution is -2.11. The number of hydrogen-bond acceptors (Lipinski definition) is 5. The molecule has 0 atom stereocenters. The summed E-state index contributed by atoms with van der Waals surface area (Å²) >= 11 is 2.96. The molecule has 0 aliphatic carbocycles. The molecule has 31 heavy (non-hydrogen) atoms. The van der Waals surface area contributed by atoms with E-state index in [1.54, 1.807) is 36.4 Å². The highest BCUT2D eigenvalue weighted by atomic mass is 32.2. The summed E-state index contributed by atoms with van der Waals surface area (Å²) in [6.07, 6.45) is 0. The minimum Gasteiger partial charge on any atom is -0.229 e. The van der Waals surface area contributed by atoms with Gasteiger partial charge in [-0.15, -0.1) is 11.3 Å². The minimum absolute atomic E-state index is 0.0232. The van der Waals surface area contributed by atoms with Crippen LogP contribution in [0.2, 0.25) is 0 Å². The Balaban J connectivity index is 1.70. The average Bonchev–Trinajstić information content (AvgIpc) is 3.18. The smallest absolute Gasteiger partial charge is 0.229 e. The van der Waals surface area contributed by atoms with Crippen LogP contribution in [0.25, 0.3) is 21.7 Å². The zero-order valence-corrected chi connectivity index (χ0v) is 18.4. The van der Waals surface area contributed by atoms with Gasteiger partial charge in [0, 0.05) is 11.3 Å². The first-order valence-corrected chi connectivity index (χ1v) is 12.4. The van der Waals surface area contributed by atoms with Crippen LogP contribution in [-0.2, 0) is 15.8 Å². The van der Waals surface area contributed by atoms with Crippen molar-refractivity contribution in [2.75, 3.05) is 0 Å². The molecule has 0 saturated carbocycles. The van der Waals surface area contributed by atoms with Gasteiger partial charge in [-0.25, -0.2) is 27.3 Å². The van der Waals surface area contributed by atoms with Crippen LogP contribution in [0.3, 0.4) is 0 Å². The third-order valence-corrected chi connectivity index (χ3v) is 7.69. The number of halogens is 2. The van der Waals surface area contributed by atoms with Gasteiger partial charge in [-0.2, -0.15) is 0 Å². The van der Waals surface area contributed by atoms with E-state index in [0.717, 1.165) is 25.9 Å². The molecule has 2 N–H and O–H groups in total. The number of nitrogens with two attached hydrogens (primary N) is 1. The number of sulfonamides is 1. The van der Waals surface area contributed by atoms with Crippen molar-refractivity contribution in [1.29, 1.82) is 0 Å². The average molecular weight is 475 g/mol. The van der Waals surface area contributed by atoms with E-state index in [1.165, 1.54) is 59.5 Å². The molecule has 4 rings (SSSR count). The number of benzene rings is 3. The Morgan fingerprint density at radius 1 is 0.839 bits per heavy atom. The molecule has 3 aromatic carbocycles. The normalized spacial score (nSPS) is 11.6. The fraction of sp³-hybridized carbons (Fsp3) is 0.0455. The lowest BCUT2D eigenvalue weighted by Gasteiger charge is -2.04. The maximum absolute atomic E-state index is 13.4. The van der Waals surface area contributed by atoms with Gasteiger partial charge in [0.1, 0.15) is 11.6 Å². The summed E-state index contributed by atoms with van der Waals surface area (Å²) in [5, 5.41) is 5.19. The Kier molecular flexibility index (Phi) is 6.19. The Hall–Kier alpha value is -2.59. The van der Waals surface area contributed by atoms with Gasteiger partial charge in [-0.05, 0) is 59.7 Å². The SMILES string of the molecule is NS(=O)(=O)c1ccc(-c2sc(SCc3ccc(F)cc3)nc2-c2ccc(F)cc2)cc1. The molecule has 0 spiro atoms. The lowest BCUT2D eigenvalue weighted by atomic mass is 10.1. The van der Waals surface area contributed by atoms with E-state index in [-0.39, 0.29) is 16.5 Å². The van der Waals surface area contributed by atoms with Gasteiger partial charge in [0.2, 0.25) is 10.0 Å². The summed E-state index contributed by atoms with van der Waals surface area (Å²) in [5.41, 5.74) is 3.16. The zero-order valence-electron chi connectivity index (χ0n) is 16.0. The second kappa shape index (κ2) is 8.88. The van der Waals surface area contributed by atoms with E-state index >= 15 is 0 Å². The van der Waals surface area contributed by atoms with Crippen molar-refractivity contribution in [2.45, 2.75) is 15.0 Å². The van der Waals surface area contributed by atoms with Crippen LogP contribution < -0.4 is 5.14 Å². The van der Waals surface area contributed by atoms with Crippen molar-refractivity contribution < 1.29 is 17.2 Å². The number of nitrogens with zero attached hydrogens (tertiary/aromatic N) is 1. The van der Waals surface area contributed by atoms with Crippen molar-refractivity contribution in [3.63, 3.8) is 0 Å². The molecule has 0 bridgehead atoms. The quantitative estimate of drug-likeness (QED) is 0.364. The topological polar surface area (TPSA) is 73.1 Å². The van der Waals surface area contributed by atoms with E-state index in [1.807, 2.05) is 0 Å². The molecular weight excluding hydrogens is 458 g/mol. The van der Waals surface area contributed by atoms with Gasteiger partial charge in [0.25, 0.3) is 0 Å². The fourth-order valence-corrected chi connectivity index (χ4v) is 5.53. The van der Waals surface area contributed by atoms with Gasteiger partial charge in [0.05, 0.1) is 15.5 Å². The van der Waals surface area contributed by atoms with Gasteiger partial charge in [-0.3, -0.25) is 0 Å². The van der Waals surface area contributed by atoms with E-state index in [4.69, 9.17) is 10.1 Å². The molecular formula is C22H16F2N2O2S3. The highest BCUT2D eigenvalue weighted by Gasteiger charge is 2.17. The van der Waals surface area contributed by atoms with Crippen LogP contribution in [0.1, 0.15) is 5.56 Å². The predicted molar refractivity (Wildman–Crippen MR) is 120 cm³/mol. The highest BCUT2D eigenvalue weighted by Crippen LogP contribution is 2.41. The summed E-state index contributed by atoms with van der Waals surface area (Å²) in [7, 11) is -3.79. The Morgan fingerprint density at radius 3 is 1.97 bits per heavy atom. The number of rotatable bonds is 6. The van der Waals surface area contributed by atoms with Gasteiger partial charge in [0.15, 0.2) is 4.34 Å². The molecule has 4 nitrogen and oxygen atoms in total. The van der Waals surface area contributed by atoms with E-state index in [0.29, 0.717) is 11.4 Å². The molecule has 1 aromatic heterocycles. The molecule has 0 radical (unpaired) electrons. The van der Waals surface area contributed by atoms with Crippen molar-refractivity contribution in [1.82, 2.24) is 4.98 Å². The molecule has 4 aromatic rings. The largest absolute Gasteiger partial charge is 0.238 e. The van der Waals surface area contributed by atoms with Crippen molar-refractivity contribution in [3.8, 4) is 21.7 Å². The zero-order chi connectivity index (χ0) is 22.0. The molecule has 0 unspecified atom stereocenters. The summed E-state index contributed by atoms with van der Waals surface area (Å²) in [6, 6.07) is 18.6. The van der Waals surface area contributed by atoms with Crippen molar-refractivity contribution in [3.05, 3.63) is 90.0 Å². The molecule has 0 saturated heterocycles. The molecule has 0 amide bonds. The number of thioether (sulfide) groups is 1. The van der Waals surface area contributed by atoms with E-state index < -0.39 is 10.0 Å². The summed E-state index contributed by atoms with van der Waals surface area (Å²) in [6.45, 7) is 0. The third-order valence-electron chi connectivity index (χ3n) is 4.45. The summed E-state index contributed by atoms with van der Waals surface area (Å²) in [5.74, 6) is -0.0174. The van der Waals surface area contributed by atoms with Crippen LogP contribution in [0.15, 0.2) is 82.0 Å². The van der Waals surface area contributed by atoms with Crippen LogP contribution in [0.5, 0.6) is 0 Å². The first kappa shape index (κ1) is 21.6. The maximum Gasteiger partial charge on any atom is 0.238 e. The van der Waals surface area contributed by atoms with Crippen LogP contribution in [0, 0.1) is 11.6 Å². The third kappa shape index (κ3) is 5.19. The number of hydrogen-bond donors (Lipinski definition) is 1. The van der Waals surface area contributed by atoms with Gasteiger partial charge in [-0.1, -0.05) is 36.0 Å². The van der Waals surface area contributed by atoms with Crippen LogP contribution in [-0.4, -0.2) is 13.4 Å². The van der Waals surface area contributed by atoms with Crippen molar-refractivity contribution in [2.24, 2.45) is 5.14 Å². The Labute approximate surface area is 186 Å². The van der Waals surface area contributed by atoms with Gasteiger partial charge >= 0.3 is 0 Å². The highest BCUT2D eigenvalue weighted by molar-refractivity contribution is 8.00. The molecule has 1 heterocycles. The number of primary sulfonamides is 1. The van der Waals surface area contributed by atoms with Crippen LogP contribution in [0.4, 0.5) is 8.78 Å². The van der Waals surface area contributed by atoms with E-state index in [2.05, 4.69) is 0 Å². The predicted octanol–water partition coefficient (Wildman–Crippen LogP) is 5.70. The minimum atomic E-state index is -3.79. The molecule has 158 valence electrons. The van der Waals surface area contributed by atoms with Crippen molar-refractivity contribution >= 4 is 33.1 Å². The monoisotopic (exact) mass is 474 g/mol. The second-order valence-electron chi connectivity index (χ2n) is 6.65. The molecule has 9 heteroatoms. The van der Waals surface area contributed by atoms with Gasteiger partial charge < -0.3 is 0 Å². The maximum atomic E-state index is 13.4. The Morgan fingerprint density at radius 2 is 1.39 bits per heavy atom. The first-order chi connectivity index (χ1) is 14.8. The Bertz CT molecular complexity index is 1300.